The minimum absolute atomic E-state index is 0.0329. The summed E-state index contributed by atoms with van der Waals surface area (Å²) in [5, 5.41) is 10.6. The number of aromatic nitrogens is 2. The summed E-state index contributed by atoms with van der Waals surface area (Å²) in [5.41, 5.74) is 0. The highest BCUT2D eigenvalue weighted by Gasteiger charge is 2.38. The number of halogens is 1. The van der Waals surface area contributed by atoms with E-state index in [0.717, 1.165) is 0 Å². The smallest absolute Gasteiger partial charge is 0.195 e. The van der Waals surface area contributed by atoms with Crippen molar-refractivity contribution in [1.82, 2.24) is 9.78 Å². The lowest BCUT2D eigenvalue weighted by atomic mass is 10.2. The molecule has 2 N–H and O–H groups in total. The quantitative estimate of drug-likeness (QED) is 0.867. The summed E-state index contributed by atoms with van der Waals surface area (Å²) in [4.78, 5) is 0. The van der Waals surface area contributed by atoms with Crippen molar-refractivity contribution in [2.24, 2.45) is 9.17 Å². The highest BCUT2D eigenvalue weighted by atomic mass is 35.5. The third kappa shape index (κ3) is 3.59. The van der Waals surface area contributed by atoms with Crippen LogP contribution in [0.25, 0.3) is 0 Å². The van der Waals surface area contributed by atoms with Gasteiger partial charge < -0.3 is 0 Å². The zero-order valence-electron chi connectivity index (χ0n) is 12.4. The summed E-state index contributed by atoms with van der Waals surface area (Å²) in [6, 6.07) is 0. The van der Waals surface area contributed by atoms with E-state index in [0.29, 0.717) is 11.6 Å². The molecule has 0 spiro atoms. The van der Waals surface area contributed by atoms with Crippen molar-refractivity contribution in [1.29, 1.82) is 0 Å². The molecule has 1 heterocycles. The minimum atomic E-state index is -3.05. The van der Waals surface area contributed by atoms with E-state index in [-0.39, 0.29) is 10.1 Å². The maximum atomic E-state index is 12.7. The third-order valence-electron chi connectivity index (χ3n) is 3.49. The first-order chi connectivity index (χ1) is 8.40. The minimum Gasteiger partial charge on any atom is -0.270 e. The lowest BCUT2D eigenvalue weighted by molar-refractivity contribution is 0.629. The van der Waals surface area contributed by atoms with Crippen molar-refractivity contribution in [3.05, 3.63) is 11.2 Å². The van der Waals surface area contributed by atoms with E-state index >= 15 is 0 Å². The Balaban J connectivity index is 3.38. The Hall–Kier alpha value is -0.373. The standard InChI is InChI=1S/C11H23ClN4OSSi/c1-7-16-8-9(12)10(14-16)18(13,17)15-19(5,6)11(2,3)4/h8H,7H2,1-6H3,(H2,13,15,17). The Labute approximate surface area is 121 Å². The molecular weight excluding hydrogens is 300 g/mol. The maximum Gasteiger partial charge on any atom is 0.195 e. The van der Waals surface area contributed by atoms with Crippen LogP contribution in [0.1, 0.15) is 27.7 Å². The molecule has 19 heavy (non-hydrogen) atoms. The molecule has 0 bridgehead atoms. The number of nitrogens with two attached hydrogens (primary N) is 1. The lowest BCUT2D eigenvalue weighted by Gasteiger charge is -2.32. The van der Waals surface area contributed by atoms with Gasteiger partial charge in [-0.1, -0.05) is 32.4 Å². The second kappa shape index (κ2) is 5.20. The molecule has 0 saturated carbocycles. The van der Waals surface area contributed by atoms with E-state index < -0.39 is 18.2 Å². The van der Waals surface area contributed by atoms with Crippen LogP contribution >= 0.6 is 11.6 Å². The number of aryl methyl sites for hydroxylation is 1. The van der Waals surface area contributed by atoms with Gasteiger partial charge in [0.15, 0.2) is 13.3 Å². The fourth-order valence-electron chi connectivity index (χ4n) is 1.26. The van der Waals surface area contributed by atoms with Crippen molar-refractivity contribution in [3.63, 3.8) is 0 Å². The van der Waals surface area contributed by atoms with Crippen LogP contribution in [0.15, 0.2) is 15.3 Å². The van der Waals surface area contributed by atoms with Gasteiger partial charge in [0.05, 0.1) is 5.02 Å². The second-order valence-electron chi connectivity index (χ2n) is 6.11. The van der Waals surface area contributed by atoms with Crippen LogP contribution < -0.4 is 5.14 Å². The summed E-state index contributed by atoms with van der Waals surface area (Å²) in [7, 11) is -5.18. The Morgan fingerprint density at radius 3 is 2.42 bits per heavy atom. The molecule has 0 aliphatic rings. The Kier molecular flexibility index (Phi) is 4.56. The van der Waals surface area contributed by atoms with Crippen molar-refractivity contribution < 1.29 is 4.21 Å². The second-order valence-corrected chi connectivity index (χ2v) is 13.4. The average Bonchev–Trinajstić information content (AvgIpc) is 2.57. The largest absolute Gasteiger partial charge is 0.270 e. The topological polar surface area (TPSA) is 73.3 Å². The van der Waals surface area contributed by atoms with Gasteiger partial charge in [-0.15, -0.1) is 0 Å². The highest BCUT2D eigenvalue weighted by molar-refractivity contribution is 7.92. The van der Waals surface area contributed by atoms with Crippen LogP contribution in [0, 0.1) is 0 Å². The number of rotatable bonds is 3. The fraction of sp³-hybridized carbons (Fsp3) is 0.727. The van der Waals surface area contributed by atoms with E-state index in [9.17, 15) is 4.21 Å². The molecule has 1 aromatic heterocycles. The highest BCUT2D eigenvalue weighted by Crippen LogP contribution is 2.38. The Morgan fingerprint density at radius 2 is 2.05 bits per heavy atom. The van der Waals surface area contributed by atoms with Gasteiger partial charge in [0.2, 0.25) is 0 Å². The first kappa shape index (κ1) is 16.7. The van der Waals surface area contributed by atoms with Crippen LogP contribution in [-0.2, 0) is 16.5 Å². The van der Waals surface area contributed by atoms with Gasteiger partial charge >= 0.3 is 0 Å². The number of nitrogens with zero attached hydrogens (tertiary/aromatic N) is 3. The van der Waals surface area contributed by atoms with Crippen molar-refractivity contribution in [2.45, 2.75) is 57.4 Å². The molecule has 1 atom stereocenters. The van der Waals surface area contributed by atoms with Crippen molar-refractivity contribution >= 4 is 29.8 Å². The predicted molar refractivity (Wildman–Crippen MR) is 83.1 cm³/mol. The van der Waals surface area contributed by atoms with Gasteiger partial charge in [-0.2, -0.15) is 5.10 Å². The first-order valence-electron chi connectivity index (χ1n) is 6.20. The molecule has 0 aromatic carbocycles. The van der Waals surface area contributed by atoms with Gasteiger partial charge in [0.25, 0.3) is 0 Å². The van der Waals surface area contributed by atoms with Crippen LogP contribution in [0.2, 0.25) is 23.2 Å². The van der Waals surface area contributed by atoms with Gasteiger partial charge in [-0.05, 0) is 25.1 Å². The molecule has 0 saturated heterocycles. The lowest BCUT2D eigenvalue weighted by Crippen LogP contribution is -2.37. The van der Waals surface area contributed by atoms with E-state index in [1.807, 2.05) is 20.0 Å². The maximum absolute atomic E-state index is 12.7. The van der Waals surface area contributed by atoms with E-state index in [1.165, 1.54) is 0 Å². The summed E-state index contributed by atoms with van der Waals surface area (Å²) in [5.74, 6) is 0. The van der Waals surface area contributed by atoms with Crippen molar-refractivity contribution in [3.8, 4) is 0 Å². The van der Waals surface area contributed by atoms with Gasteiger partial charge in [0, 0.05) is 12.7 Å². The Morgan fingerprint density at radius 1 is 1.53 bits per heavy atom. The SMILES string of the molecule is CCn1cc(Cl)c(S(N)(=O)=N[Si](C)(C)C(C)(C)C)n1. The number of hydrogen-bond acceptors (Lipinski definition) is 3. The molecule has 1 rings (SSSR count). The molecule has 0 amide bonds. The van der Waals surface area contributed by atoms with Gasteiger partial charge in [-0.25, -0.2) is 9.35 Å². The van der Waals surface area contributed by atoms with E-state index in [4.69, 9.17) is 16.7 Å². The fourth-order valence-corrected chi connectivity index (χ4v) is 6.45. The zero-order valence-corrected chi connectivity index (χ0v) is 15.0. The van der Waals surface area contributed by atoms with Gasteiger partial charge in [-0.3, -0.25) is 8.71 Å². The zero-order chi connectivity index (χ0) is 15.1. The monoisotopic (exact) mass is 322 g/mol. The molecular formula is C11H23ClN4OSSi. The molecule has 1 unspecified atom stereocenters. The molecule has 8 heteroatoms. The molecule has 110 valence electrons. The average molecular weight is 323 g/mol. The number of hydrogen-bond donors (Lipinski definition) is 1. The summed E-state index contributed by atoms with van der Waals surface area (Å²) >= 11 is 6.06. The van der Waals surface area contributed by atoms with Crippen molar-refractivity contribution in [2.75, 3.05) is 0 Å². The normalized spacial score (nSPS) is 16.2. The molecule has 0 aliphatic carbocycles. The van der Waals surface area contributed by atoms with Crippen LogP contribution in [-0.4, -0.2) is 22.2 Å². The van der Waals surface area contributed by atoms with E-state index in [1.54, 1.807) is 10.9 Å². The third-order valence-corrected chi connectivity index (χ3v) is 11.3. The van der Waals surface area contributed by atoms with E-state index in [2.05, 4.69) is 29.9 Å². The summed E-state index contributed by atoms with van der Waals surface area (Å²) < 4.78 is 18.8. The van der Waals surface area contributed by atoms with Gasteiger partial charge in [0.1, 0.15) is 9.92 Å². The molecule has 0 fully saturated rings. The Bertz CT molecular complexity index is 582. The van der Waals surface area contributed by atoms with Crippen LogP contribution in [0.3, 0.4) is 0 Å². The first-order valence-corrected chi connectivity index (χ1v) is 11.1. The molecule has 0 radical (unpaired) electrons. The predicted octanol–water partition coefficient (Wildman–Crippen LogP) is 3.26. The molecule has 5 nitrogen and oxygen atoms in total. The summed E-state index contributed by atoms with van der Waals surface area (Å²) in [6.07, 6.45) is 1.63. The van der Waals surface area contributed by atoms with Crippen LogP contribution in [0.4, 0.5) is 0 Å². The summed E-state index contributed by atoms with van der Waals surface area (Å²) in [6.45, 7) is 12.9. The van der Waals surface area contributed by atoms with Crippen LogP contribution in [0.5, 0.6) is 0 Å². The molecule has 1 aromatic rings. The molecule has 0 aliphatic heterocycles.